The summed E-state index contributed by atoms with van der Waals surface area (Å²) in [6.07, 6.45) is 5.29. The first-order valence-electron chi connectivity index (χ1n) is 6.41. The molecule has 3 aliphatic heterocycles. The standard InChI is InChI=1S/C12H22N2O/c1-11-3-6-13(7-4-11)14-9-12(10-14)5-2-8-15-12/h11H,2-10H2,1H3. The lowest BCUT2D eigenvalue weighted by Crippen LogP contribution is -2.67. The van der Waals surface area contributed by atoms with Gasteiger partial charge in [0.2, 0.25) is 0 Å². The maximum absolute atomic E-state index is 5.85. The largest absolute Gasteiger partial charge is 0.372 e. The summed E-state index contributed by atoms with van der Waals surface area (Å²) in [5.74, 6) is 0.930. The summed E-state index contributed by atoms with van der Waals surface area (Å²) in [5.41, 5.74) is 0.267. The van der Waals surface area contributed by atoms with Crippen molar-refractivity contribution in [3.8, 4) is 0 Å². The molecular weight excluding hydrogens is 188 g/mol. The molecule has 0 unspecified atom stereocenters. The Hall–Kier alpha value is -0.120. The van der Waals surface area contributed by atoms with E-state index >= 15 is 0 Å². The Balaban J connectivity index is 1.50. The highest BCUT2D eigenvalue weighted by Crippen LogP contribution is 2.36. The molecule has 0 N–H and O–H groups in total. The van der Waals surface area contributed by atoms with Crippen molar-refractivity contribution in [2.75, 3.05) is 32.8 Å². The van der Waals surface area contributed by atoms with Crippen LogP contribution in [0.15, 0.2) is 0 Å². The molecule has 3 rings (SSSR count). The molecule has 0 saturated carbocycles. The highest BCUT2D eigenvalue weighted by atomic mass is 16.5. The lowest BCUT2D eigenvalue weighted by Gasteiger charge is -2.53. The van der Waals surface area contributed by atoms with E-state index in [4.69, 9.17) is 4.74 Å². The number of nitrogens with zero attached hydrogens (tertiary/aromatic N) is 2. The van der Waals surface area contributed by atoms with Crippen molar-refractivity contribution in [2.24, 2.45) is 5.92 Å². The third-order valence-electron chi connectivity index (χ3n) is 4.29. The van der Waals surface area contributed by atoms with Crippen LogP contribution >= 0.6 is 0 Å². The summed E-state index contributed by atoms with van der Waals surface area (Å²) in [6, 6.07) is 0. The summed E-state index contributed by atoms with van der Waals surface area (Å²) in [5, 5.41) is 5.06. The summed E-state index contributed by atoms with van der Waals surface area (Å²) >= 11 is 0. The van der Waals surface area contributed by atoms with Crippen LogP contribution in [0.5, 0.6) is 0 Å². The molecule has 0 bridgehead atoms. The molecule has 3 saturated heterocycles. The highest BCUT2D eigenvalue weighted by Gasteiger charge is 2.48. The van der Waals surface area contributed by atoms with E-state index in [1.54, 1.807) is 0 Å². The summed E-state index contributed by atoms with van der Waals surface area (Å²) in [6.45, 7) is 8.19. The van der Waals surface area contributed by atoms with Crippen molar-refractivity contribution < 1.29 is 4.74 Å². The van der Waals surface area contributed by atoms with Gasteiger partial charge in [0.1, 0.15) is 0 Å². The fourth-order valence-electron chi connectivity index (χ4n) is 3.10. The number of ether oxygens (including phenoxy) is 1. The smallest absolute Gasteiger partial charge is 0.0963 e. The molecular formula is C12H22N2O. The first-order chi connectivity index (χ1) is 7.27. The fourth-order valence-corrected chi connectivity index (χ4v) is 3.10. The van der Waals surface area contributed by atoms with E-state index in [-0.39, 0.29) is 5.60 Å². The van der Waals surface area contributed by atoms with E-state index in [9.17, 15) is 0 Å². The molecule has 15 heavy (non-hydrogen) atoms. The third kappa shape index (κ3) is 1.81. The van der Waals surface area contributed by atoms with Crippen LogP contribution in [-0.4, -0.2) is 48.4 Å². The second-order valence-electron chi connectivity index (χ2n) is 5.59. The van der Waals surface area contributed by atoms with Gasteiger partial charge in [-0.15, -0.1) is 0 Å². The summed E-state index contributed by atoms with van der Waals surface area (Å²) in [4.78, 5) is 0. The molecule has 0 radical (unpaired) electrons. The van der Waals surface area contributed by atoms with Gasteiger partial charge < -0.3 is 4.74 Å². The second kappa shape index (κ2) is 3.72. The van der Waals surface area contributed by atoms with E-state index < -0.39 is 0 Å². The highest BCUT2D eigenvalue weighted by molar-refractivity contribution is 4.99. The van der Waals surface area contributed by atoms with E-state index in [0.29, 0.717) is 0 Å². The minimum atomic E-state index is 0.267. The van der Waals surface area contributed by atoms with Gasteiger partial charge in [0.15, 0.2) is 0 Å². The third-order valence-corrected chi connectivity index (χ3v) is 4.29. The molecule has 3 fully saturated rings. The van der Waals surface area contributed by atoms with Crippen LogP contribution in [0.3, 0.4) is 0 Å². The van der Waals surface area contributed by atoms with Crippen LogP contribution in [0, 0.1) is 5.92 Å². The van der Waals surface area contributed by atoms with Crippen LogP contribution in [0.2, 0.25) is 0 Å². The van der Waals surface area contributed by atoms with Gasteiger partial charge in [0, 0.05) is 32.8 Å². The fraction of sp³-hybridized carbons (Fsp3) is 1.00. The van der Waals surface area contributed by atoms with Crippen molar-refractivity contribution in [2.45, 2.75) is 38.2 Å². The molecule has 0 aromatic heterocycles. The quantitative estimate of drug-likeness (QED) is 0.652. The Morgan fingerprint density at radius 3 is 2.47 bits per heavy atom. The molecule has 1 spiro atoms. The van der Waals surface area contributed by atoms with Crippen molar-refractivity contribution in [1.82, 2.24) is 10.0 Å². The molecule has 3 aliphatic rings. The molecule has 0 aromatic rings. The zero-order valence-electron chi connectivity index (χ0n) is 9.74. The average molecular weight is 210 g/mol. The van der Waals surface area contributed by atoms with Crippen molar-refractivity contribution in [3.63, 3.8) is 0 Å². The normalized spacial score (nSPS) is 33.4. The van der Waals surface area contributed by atoms with Crippen molar-refractivity contribution in [3.05, 3.63) is 0 Å². The molecule has 0 aromatic carbocycles. The van der Waals surface area contributed by atoms with E-state index in [0.717, 1.165) is 25.6 Å². The van der Waals surface area contributed by atoms with Gasteiger partial charge in [-0.2, -0.15) is 0 Å². The van der Waals surface area contributed by atoms with Gasteiger partial charge >= 0.3 is 0 Å². The Labute approximate surface area is 92.3 Å². The number of hydrogen-bond acceptors (Lipinski definition) is 3. The zero-order chi connectivity index (χ0) is 10.3. The lowest BCUT2D eigenvalue weighted by molar-refractivity contribution is -0.204. The minimum Gasteiger partial charge on any atom is -0.372 e. The van der Waals surface area contributed by atoms with Gasteiger partial charge in [-0.3, -0.25) is 0 Å². The first-order valence-corrected chi connectivity index (χ1v) is 6.41. The van der Waals surface area contributed by atoms with Crippen LogP contribution in [0.1, 0.15) is 32.6 Å². The Morgan fingerprint density at radius 2 is 1.87 bits per heavy atom. The maximum atomic E-state index is 5.85. The molecule has 0 aliphatic carbocycles. The van der Waals surface area contributed by atoms with Crippen LogP contribution in [0.25, 0.3) is 0 Å². The SMILES string of the molecule is CC1CCN(N2CC3(CCCO3)C2)CC1. The van der Waals surface area contributed by atoms with Crippen LogP contribution in [0.4, 0.5) is 0 Å². The van der Waals surface area contributed by atoms with Gasteiger partial charge in [0.05, 0.1) is 5.60 Å². The molecule has 3 heteroatoms. The van der Waals surface area contributed by atoms with Gasteiger partial charge in [-0.05, 0) is 31.6 Å². The first kappa shape index (κ1) is 10.1. The van der Waals surface area contributed by atoms with Crippen molar-refractivity contribution >= 4 is 0 Å². The van der Waals surface area contributed by atoms with E-state index in [2.05, 4.69) is 16.9 Å². The summed E-state index contributed by atoms with van der Waals surface area (Å²) < 4.78 is 5.85. The topological polar surface area (TPSA) is 15.7 Å². The molecule has 3 nitrogen and oxygen atoms in total. The second-order valence-corrected chi connectivity index (χ2v) is 5.59. The zero-order valence-corrected chi connectivity index (χ0v) is 9.74. The number of rotatable bonds is 1. The van der Waals surface area contributed by atoms with E-state index in [1.807, 2.05) is 0 Å². The average Bonchev–Trinajstić information content (AvgIpc) is 2.66. The minimum absolute atomic E-state index is 0.267. The molecule has 0 amide bonds. The van der Waals surface area contributed by atoms with Gasteiger partial charge in [-0.25, -0.2) is 10.0 Å². The lowest BCUT2D eigenvalue weighted by atomic mass is 9.92. The predicted molar refractivity (Wildman–Crippen MR) is 59.5 cm³/mol. The number of hydrogen-bond donors (Lipinski definition) is 0. The number of piperidine rings is 1. The monoisotopic (exact) mass is 210 g/mol. The molecule has 3 heterocycles. The van der Waals surface area contributed by atoms with Crippen LogP contribution in [-0.2, 0) is 4.74 Å². The Bertz CT molecular complexity index is 222. The van der Waals surface area contributed by atoms with E-state index in [1.165, 1.54) is 38.8 Å². The van der Waals surface area contributed by atoms with Crippen molar-refractivity contribution in [1.29, 1.82) is 0 Å². The van der Waals surface area contributed by atoms with Crippen LogP contribution < -0.4 is 0 Å². The maximum Gasteiger partial charge on any atom is 0.0963 e. The van der Waals surface area contributed by atoms with Gasteiger partial charge in [-0.1, -0.05) is 6.92 Å². The molecule has 0 atom stereocenters. The predicted octanol–water partition coefficient (Wildman–Crippen LogP) is 1.50. The summed E-state index contributed by atoms with van der Waals surface area (Å²) in [7, 11) is 0. The number of hydrazine groups is 1. The molecule has 86 valence electrons. The Morgan fingerprint density at radius 1 is 1.13 bits per heavy atom. The van der Waals surface area contributed by atoms with Gasteiger partial charge in [0.25, 0.3) is 0 Å². The Kier molecular flexibility index (Phi) is 2.49.